The number of para-hydroxylation sites is 1. The van der Waals surface area contributed by atoms with Crippen LogP contribution in [0.4, 0.5) is 0 Å². The zero-order valence-corrected chi connectivity index (χ0v) is 17.6. The van der Waals surface area contributed by atoms with Crippen molar-refractivity contribution in [2.45, 2.75) is 0 Å². The Morgan fingerprint density at radius 1 is 1.14 bits per heavy atom. The van der Waals surface area contributed by atoms with Crippen LogP contribution in [-0.2, 0) is 4.79 Å². The van der Waals surface area contributed by atoms with E-state index >= 15 is 0 Å². The molecule has 0 aliphatic carbocycles. The number of ether oxygens (including phenoxy) is 2. The number of hydrogen-bond donors (Lipinski definition) is 1. The number of rotatable bonds is 6. The van der Waals surface area contributed by atoms with Gasteiger partial charge in [-0.1, -0.05) is 36.0 Å². The minimum atomic E-state index is -0.410. The van der Waals surface area contributed by atoms with E-state index in [4.69, 9.17) is 14.9 Å². The van der Waals surface area contributed by atoms with Gasteiger partial charge in [0.1, 0.15) is 30.5 Å². The second-order valence-corrected chi connectivity index (χ2v) is 7.81. The molecule has 29 heavy (non-hydrogen) atoms. The molecule has 0 saturated heterocycles. The number of amidine groups is 2. The van der Waals surface area contributed by atoms with Gasteiger partial charge in [-0.3, -0.25) is 15.1 Å². The minimum absolute atomic E-state index is 0.121. The summed E-state index contributed by atoms with van der Waals surface area (Å²) in [6.45, 7) is 0.823. The zero-order chi connectivity index (χ0) is 20.2. The van der Waals surface area contributed by atoms with E-state index in [1.807, 2.05) is 48.5 Å². The van der Waals surface area contributed by atoms with Crippen molar-refractivity contribution in [1.29, 1.82) is 5.41 Å². The van der Waals surface area contributed by atoms with E-state index in [1.165, 1.54) is 11.8 Å². The molecule has 146 valence electrons. The van der Waals surface area contributed by atoms with Gasteiger partial charge in [-0.15, -0.1) is 0 Å². The molecule has 0 bridgehead atoms. The van der Waals surface area contributed by atoms with Gasteiger partial charge in [0.05, 0.1) is 10.0 Å². The molecule has 0 atom stereocenters. The number of thioether (sulfide) groups is 1. The Balaban J connectivity index is 1.41. The number of aliphatic imine (C=N–C) groups is 1. The predicted octanol–water partition coefficient (Wildman–Crippen LogP) is 4.68. The summed E-state index contributed by atoms with van der Waals surface area (Å²) < 4.78 is 12.1. The normalized spacial score (nSPS) is 16.8. The molecule has 0 radical (unpaired) electrons. The van der Waals surface area contributed by atoms with Crippen LogP contribution in [0, 0.1) is 5.41 Å². The van der Waals surface area contributed by atoms with Crippen LogP contribution >= 0.6 is 27.7 Å². The van der Waals surface area contributed by atoms with Crippen molar-refractivity contribution in [2.24, 2.45) is 4.99 Å². The van der Waals surface area contributed by atoms with Crippen molar-refractivity contribution in [3.63, 3.8) is 0 Å². The fourth-order valence-corrected chi connectivity index (χ4v) is 3.97. The lowest BCUT2D eigenvalue weighted by atomic mass is 10.1. The summed E-state index contributed by atoms with van der Waals surface area (Å²) in [7, 11) is 0. The van der Waals surface area contributed by atoms with Gasteiger partial charge >= 0.3 is 0 Å². The molecule has 2 heterocycles. The Bertz CT molecular complexity index is 1050. The summed E-state index contributed by atoms with van der Waals surface area (Å²) >= 11 is 4.82. The highest BCUT2D eigenvalue weighted by molar-refractivity contribution is 9.10. The van der Waals surface area contributed by atoms with Gasteiger partial charge < -0.3 is 9.47 Å². The molecule has 0 spiro atoms. The summed E-state index contributed by atoms with van der Waals surface area (Å²) in [6.07, 6.45) is 3.39. The van der Waals surface area contributed by atoms with Crippen LogP contribution in [-0.4, -0.2) is 35.0 Å². The molecular formula is C21H16BrN3O3S. The quantitative estimate of drug-likeness (QED) is 0.490. The summed E-state index contributed by atoms with van der Waals surface area (Å²) in [5.41, 5.74) is 1.02. The molecule has 0 aromatic heterocycles. The Morgan fingerprint density at radius 2 is 1.93 bits per heavy atom. The first-order valence-corrected chi connectivity index (χ1v) is 10.5. The predicted molar refractivity (Wildman–Crippen MR) is 118 cm³/mol. The molecule has 8 heteroatoms. The Morgan fingerprint density at radius 3 is 2.72 bits per heavy atom. The van der Waals surface area contributed by atoms with E-state index in [-0.39, 0.29) is 11.4 Å². The number of carbonyl (C=O) groups excluding carboxylic acids is 1. The van der Waals surface area contributed by atoms with Gasteiger partial charge in [-0.2, -0.15) is 4.99 Å². The number of halogens is 1. The van der Waals surface area contributed by atoms with Crippen molar-refractivity contribution in [3.8, 4) is 11.5 Å². The highest BCUT2D eigenvalue weighted by Gasteiger charge is 2.30. The van der Waals surface area contributed by atoms with Crippen molar-refractivity contribution in [2.75, 3.05) is 13.2 Å². The smallest absolute Gasteiger partial charge is 0.283 e. The first-order chi connectivity index (χ1) is 14.1. The number of fused-ring (bicyclic) bond motifs is 1. The number of nitrogens with one attached hydrogen (secondary N) is 1. The lowest BCUT2D eigenvalue weighted by molar-refractivity contribution is -0.114. The highest BCUT2D eigenvalue weighted by atomic mass is 79.9. The molecule has 0 fully saturated rings. The van der Waals surface area contributed by atoms with E-state index in [9.17, 15) is 4.79 Å². The molecule has 2 aromatic carbocycles. The number of carbonyl (C=O) groups is 1. The van der Waals surface area contributed by atoms with Crippen LogP contribution in [0.25, 0.3) is 6.08 Å². The topological polar surface area (TPSA) is 75.0 Å². The standard InChI is InChI=1S/C21H16BrN3O3S/c22-17-13-14(12-16-19(23)25-8-11-29-21(25)24-20(16)26)6-7-18(17)28-10-9-27-15-4-2-1-3-5-15/h1-8,11-13,23H,9-10H2/b16-12-,23-19?. The average molecular weight is 470 g/mol. The van der Waals surface area contributed by atoms with Crippen LogP contribution in [0.3, 0.4) is 0 Å². The summed E-state index contributed by atoms with van der Waals surface area (Å²) in [5.74, 6) is 1.18. The third kappa shape index (κ3) is 4.44. The van der Waals surface area contributed by atoms with Gasteiger partial charge in [0.25, 0.3) is 5.91 Å². The number of benzene rings is 2. The van der Waals surface area contributed by atoms with Crippen LogP contribution in [0.1, 0.15) is 5.56 Å². The number of nitrogens with zero attached hydrogens (tertiary/aromatic N) is 2. The number of amides is 1. The molecule has 6 nitrogen and oxygen atoms in total. The fraction of sp³-hybridized carbons (Fsp3) is 0.0952. The first kappa shape index (κ1) is 19.5. The molecule has 2 aliphatic rings. The maximum Gasteiger partial charge on any atom is 0.283 e. The first-order valence-electron chi connectivity index (χ1n) is 8.78. The maximum absolute atomic E-state index is 12.3. The SMILES string of the molecule is N=C1/C(=C/c2ccc(OCCOc3ccccc3)c(Br)c2)C(=O)N=C2SC=CN12. The van der Waals surface area contributed by atoms with Crippen LogP contribution in [0.5, 0.6) is 11.5 Å². The largest absolute Gasteiger partial charge is 0.490 e. The third-order valence-corrected chi connectivity index (χ3v) is 5.51. The highest BCUT2D eigenvalue weighted by Crippen LogP contribution is 2.30. The van der Waals surface area contributed by atoms with Gasteiger partial charge in [0.2, 0.25) is 0 Å². The maximum atomic E-state index is 12.3. The van der Waals surface area contributed by atoms with Gasteiger partial charge in [0, 0.05) is 6.20 Å². The molecule has 2 aliphatic heterocycles. The summed E-state index contributed by atoms with van der Waals surface area (Å²) in [4.78, 5) is 17.9. The van der Waals surface area contributed by atoms with Crippen molar-refractivity contribution in [1.82, 2.24) is 4.90 Å². The molecule has 1 amide bonds. The van der Waals surface area contributed by atoms with Gasteiger partial charge in [0.15, 0.2) is 5.17 Å². The third-order valence-electron chi connectivity index (χ3n) is 4.13. The second kappa shape index (κ2) is 8.67. The van der Waals surface area contributed by atoms with Crippen molar-refractivity contribution < 1.29 is 14.3 Å². The van der Waals surface area contributed by atoms with E-state index in [2.05, 4.69) is 20.9 Å². The average Bonchev–Trinajstić information content (AvgIpc) is 3.19. The monoisotopic (exact) mass is 469 g/mol. The van der Waals surface area contributed by atoms with E-state index in [0.717, 1.165) is 15.8 Å². The zero-order valence-electron chi connectivity index (χ0n) is 15.2. The molecule has 2 aromatic rings. The van der Waals surface area contributed by atoms with Gasteiger partial charge in [-0.05, 0) is 57.2 Å². The summed E-state index contributed by atoms with van der Waals surface area (Å²) in [6, 6.07) is 15.1. The Labute approximate surface area is 180 Å². The fourth-order valence-electron chi connectivity index (χ4n) is 2.75. The van der Waals surface area contributed by atoms with E-state index in [0.29, 0.717) is 24.1 Å². The lowest BCUT2D eigenvalue weighted by Crippen LogP contribution is -2.35. The Kier molecular flexibility index (Phi) is 5.82. The van der Waals surface area contributed by atoms with Gasteiger partial charge in [-0.25, -0.2) is 0 Å². The minimum Gasteiger partial charge on any atom is -0.490 e. The molecule has 0 unspecified atom stereocenters. The molecule has 0 saturated carbocycles. The van der Waals surface area contributed by atoms with Crippen molar-refractivity contribution >= 4 is 50.7 Å². The van der Waals surface area contributed by atoms with Crippen LogP contribution in [0.2, 0.25) is 0 Å². The van der Waals surface area contributed by atoms with E-state index < -0.39 is 5.91 Å². The molecular weight excluding hydrogens is 454 g/mol. The summed E-state index contributed by atoms with van der Waals surface area (Å²) in [5, 5.41) is 10.6. The molecule has 4 rings (SSSR count). The van der Waals surface area contributed by atoms with Crippen LogP contribution < -0.4 is 9.47 Å². The second-order valence-electron chi connectivity index (χ2n) is 6.08. The van der Waals surface area contributed by atoms with Crippen LogP contribution in [0.15, 0.2) is 75.2 Å². The molecule has 1 N–H and O–H groups in total. The van der Waals surface area contributed by atoms with E-state index in [1.54, 1.807) is 22.6 Å². The Hall–Kier alpha value is -2.84. The lowest BCUT2D eigenvalue weighted by Gasteiger charge is -2.22. The number of hydrogen-bond acceptors (Lipinski definition) is 5. The van der Waals surface area contributed by atoms with Crippen molar-refractivity contribution in [3.05, 3.63) is 75.7 Å².